The summed E-state index contributed by atoms with van der Waals surface area (Å²) in [4.78, 5) is 12.5. The van der Waals surface area contributed by atoms with Crippen LogP contribution in [0.1, 0.15) is 11.3 Å². The summed E-state index contributed by atoms with van der Waals surface area (Å²) in [6.45, 7) is 5.75. The first-order valence-electron chi connectivity index (χ1n) is 6.23. The zero-order valence-electron chi connectivity index (χ0n) is 10.7. The van der Waals surface area contributed by atoms with Gasteiger partial charge in [0.15, 0.2) is 5.43 Å². The summed E-state index contributed by atoms with van der Waals surface area (Å²) in [5, 5.41) is 3.34. The molecule has 3 rings (SSSR count). The molecule has 3 nitrogen and oxygen atoms in total. The third kappa shape index (κ3) is 1.47. The maximum Gasteiger partial charge on any atom is 0.194 e. The molecule has 0 aliphatic carbocycles. The summed E-state index contributed by atoms with van der Waals surface area (Å²) < 4.78 is 2.21. The van der Waals surface area contributed by atoms with Crippen LogP contribution in [0.2, 0.25) is 0 Å². The largest absolute Gasteiger partial charge is 0.369 e. The van der Waals surface area contributed by atoms with Gasteiger partial charge in [-0.25, -0.2) is 0 Å². The minimum atomic E-state index is 0.138. The van der Waals surface area contributed by atoms with Crippen LogP contribution in [0.5, 0.6) is 0 Å². The molecule has 0 saturated heterocycles. The molecule has 1 aromatic heterocycles. The van der Waals surface area contributed by atoms with Crippen LogP contribution < -0.4 is 10.7 Å². The zero-order chi connectivity index (χ0) is 12.7. The molecule has 2 aromatic rings. The monoisotopic (exact) mass is 240 g/mol. The van der Waals surface area contributed by atoms with Crippen LogP contribution >= 0.6 is 0 Å². The normalized spacial score (nSPS) is 13.2. The second-order valence-electron chi connectivity index (χ2n) is 4.71. The van der Waals surface area contributed by atoms with E-state index in [0.29, 0.717) is 0 Å². The summed E-state index contributed by atoms with van der Waals surface area (Å²) in [5.41, 5.74) is 3.85. The lowest BCUT2D eigenvalue weighted by Crippen LogP contribution is -2.17. The van der Waals surface area contributed by atoms with Crippen molar-refractivity contribution in [3.05, 3.63) is 51.8 Å². The summed E-state index contributed by atoms with van der Waals surface area (Å²) in [5.74, 6) is 0.967. The van der Waals surface area contributed by atoms with Gasteiger partial charge in [0.25, 0.3) is 0 Å². The van der Waals surface area contributed by atoms with Crippen molar-refractivity contribution in [1.29, 1.82) is 0 Å². The predicted molar refractivity (Wildman–Crippen MR) is 74.1 cm³/mol. The number of rotatable bonds is 1. The van der Waals surface area contributed by atoms with Crippen molar-refractivity contribution in [2.24, 2.45) is 0 Å². The molecule has 0 saturated carbocycles. The number of fused-ring (bicyclic) bond motifs is 1. The van der Waals surface area contributed by atoms with Crippen LogP contribution in [-0.2, 0) is 6.54 Å². The van der Waals surface area contributed by atoms with Gasteiger partial charge in [0.1, 0.15) is 5.82 Å². The van der Waals surface area contributed by atoms with E-state index in [1.807, 2.05) is 44.2 Å². The van der Waals surface area contributed by atoms with E-state index in [0.717, 1.165) is 41.3 Å². The first kappa shape index (κ1) is 11.1. The van der Waals surface area contributed by atoms with Gasteiger partial charge in [-0.05, 0) is 19.4 Å². The van der Waals surface area contributed by atoms with E-state index < -0.39 is 0 Å². The standard InChI is InChI=1S/C15H16N2O/c1-10-11(2)17-9-8-16-15(17)13(14(10)18)12-6-4-3-5-7-12/h3-7,16H,8-9H2,1-2H3. The first-order chi connectivity index (χ1) is 8.70. The molecular weight excluding hydrogens is 224 g/mol. The van der Waals surface area contributed by atoms with E-state index in [9.17, 15) is 4.79 Å². The highest BCUT2D eigenvalue weighted by molar-refractivity contribution is 5.77. The summed E-state index contributed by atoms with van der Waals surface area (Å²) in [6.07, 6.45) is 0. The number of nitrogens with zero attached hydrogens (tertiary/aromatic N) is 1. The topological polar surface area (TPSA) is 34.0 Å². The molecule has 1 aliphatic rings. The summed E-state index contributed by atoms with van der Waals surface area (Å²) >= 11 is 0. The number of anilines is 1. The smallest absolute Gasteiger partial charge is 0.194 e. The Morgan fingerprint density at radius 3 is 2.61 bits per heavy atom. The van der Waals surface area contributed by atoms with Gasteiger partial charge < -0.3 is 9.88 Å². The maximum absolute atomic E-state index is 12.5. The highest BCUT2D eigenvalue weighted by Gasteiger charge is 2.21. The summed E-state index contributed by atoms with van der Waals surface area (Å²) in [6, 6.07) is 9.89. The number of hydrogen-bond acceptors (Lipinski definition) is 2. The quantitative estimate of drug-likeness (QED) is 0.831. The van der Waals surface area contributed by atoms with Crippen LogP contribution in [-0.4, -0.2) is 11.1 Å². The molecule has 0 radical (unpaired) electrons. The fourth-order valence-electron chi connectivity index (χ4n) is 2.59. The molecule has 3 heteroatoms. The minimum Gasteiger partial charge on any atom is -0.369 e. The summed E-state index contributed by atoms with van der Waals surface area (Å²) in [7, 11) is 0. The van der Waals surface area contributed by atoms with Crippen molar-refractivity contribution in [2.45, 2.75) is 20.4 Å². The Bertz CT molecular complexity index is 656. The van der Waals surface area contributed by atoms with Crippen LogP contribution in [0.15, 0.2) is 35.1 Å². The molecule has 92 valence electrons. The van der Waals surface area contributed by atoms with E-state index in [2.05, 4.69) is 9.88 Å². The minimum absolute atomic E-state index is 0.138. The Morgan fingerprint density at radius 2 is 1.89 bits per heavy atom. The van der Waals surface area contributed by atoms with E-state index in [1.54, 1.807) is 0 Å². The van der Waals surface area contributed by atoms with Crippen LogP contribution in [0, 0.1) is 13.8 Å². The Morgan fingerprint density at radius 1 is 1.17 bits per heavy atom. The van der Waals surface area contributed by atoms with Gasteiger partial charge in [0.05, 0.1) is 5.56 Å². The Labute approximate surface area is 106 Å². The molecule has 0 fully saturated rings. The van der Waals surface area contributed by atoms with Crippen molar-refractivity contribution >= 4 is 5.82 Å². The predicted octanol–water partition coefficient (Wildman–Crippen LogP) is 2.56. The first-order valence-corrected chi connectivity index (χ1v) is 6.23. The molecule has 1 aromatic carbocycles. The Hall–Kier alpha value is -2.03. The van der Waals surface area contributed by atoms with E-state index in [-0.39, 0.29) is 5.43 Å². The zero-order valence-corrected chi connectivity index (χ0v) is 10.7. The third-order valence-corrected chi connectivity index (χ3v) is 3.71. The molecule has 1 N–H and O–H groups in total. The van der Waals surface area contributed by atoms with Crippen molar-refractivity contribution in [3.63, 3.8) is 0 Å². The Balaban J connectivity index is 2.38. The lowest BCUT2D eigenvalue weighted by Gasteiger charge is -2.15. The van der Waals surface area contributed by atoms with Crippen LogP contribution in [0.3, 0.4) is 0 Å². The van der Waals surface area contributed by atoms with Crippen LogP contribution in [0.25, 0.3) is 11.1 Å². The molecule has 0 spiro atoms. The van der Waals surface area contributed by atoms with E-state index in [1.165, 1.54) is 0 Å². The van der Waals surface area contributed by atoms with Crippen molar-refractivity contribution in [3.8, 4) is 11.1 Å². The molecule has 0 atom stereocenters. The number of nitrogens with one attached hydrogen (secondary N) is 1. The molecule has 0 amide bonds. The third-order valence-electron chi connectivity index (χ3n) is 3.71. The van der Waals surface area contributed by atoms with Crippen molar-refractivity contribution in [1.82, 2.24) is 4.57 Å². The molecule has 18 heavy (non-hydrogen) atoms. The SMILES string of the molecule is Cc1c(C)n2c(c(-c3ccccc3)c1=O)NCC2. The number of pyridine rings is 1. The maximum atomic E-state index is 12.5. The van der Waals surface area contributed by atoms with E-state index >= 15 is 0 Å². The lowest BCUT2D eigenvalue weighted by molar-refractivity contribution is 0.765. The van der Waals surface area contributed by atoms with Gasteiger partial charge in [-0.15, -0.1) is 0 Å². The number of hydrogen-bond donors (Lipinski definition) is 1. The van der Waals surface area contributed by atoms with Gasteiger partial charge in [-0.1, -0.05) is 30.3 Å². The molecule has 2 heterocycles. The van der Waals surface area contributed by atoms with Gasteiger partial charge in [-0.2, -0.15) is 0 Å². The molecule has 0 unspecified atom stereocenters. The highest BCUT2D eigenvalue weighted by Crippen LogP contribution is 2.29. The van der Waals surface area contributed by atoms with Gasteiger partial charge in [0.2, 0.25) is 0 Å². The number of aromatic nitrogens is 1. The van der Waals surface area contributed by atoms with Crippen molar-refractivity contribution < 1.29 is 0 Å². The van der Waals surface area contributed by atoms with Crippen molar-refractivity contribution in [2.75, 3.05) is 11.9 Å². The fourth-order valence-corrected chi connectivity index (χ4v) is 2.59. The average Bonchev–Trinajstić information content (AvgIpc) is 2.87. The fraction of sp³-hybridized carbons (Fsp3) is 0.267. The lowest BCUT2D eigenvalue weighted by atomic mass is 10.0. The second-order valence-corrected chi connectivity index (χ2v) is 4.71. The van der Waals surface area contributed by atoms with E-state index in [4.69, 9.17) is 0 Å². The molecule has 1 aliphatic heterocycles. The van der Waals surface area contributed by atoms with Crippen LogP contribution in [0.4, 0.5) is 5.82 Å². The Kier molecular flexibility index (Phi) is 2.47. The second kappa shape index (κ2) is 4.02. The van der Waals surface area contributed by atoms with Gasteiger partial charge in [-0.3, -0.25) is 4.79 Å². The highest BCUT2D eigenvalue weighted by atomic mass is 16.1. The average molecular weight is 240 g/mol. The van der Waals surface area contributed by atoms with Gasteiger partial charge in [0, 0.05) is 24.3 Å². The molecular formula is C15H16N2O. The van der Waals surface area contributed by atoms with Gasteiger partial charge >= 0.3 is 0 Å². The molecule has 0 bridgehead atoms. The number of benzene rings is 1.